The van der Waals surface area contributed by atoms with Gasteiger partial charge in [0.25, 0.3) is 0 Å². The Morgan fingerprint density at radius 1 is 1.22 bits per heavy atom. The van der Waals surface area contributed by atoms with Crippen LogP contribution in [0.2, 0.25) is 0 Å². The lowest BCUT2D eigenvalue weighted by Gasteiger charge is -2.07. The predicted molar refractivity (Wildman–Crippen MR) is 67.5 cm³/mol. The van der Waals surface area contributed by atoms with Crippen LogP contribution in [0.3, 0.4) is 0 Å². The van der Waals surface area contributed by atoms with Gasteiger partial charge >= 0.3 is 0 Å². The molecule has 0 saturated heterocycles. The molecule has 0 saturated carbocycles. The highest BCUT2D eigenvalue weighted by Gasteiger charge is 2.09. The highest BCUT2D eigenvalue weighted by molar-refractivity contribution is 5.68. The second-order valence-corrected chi connectivity index (χ2v) is 4.08. The van der Waals surface area contributed by atoms with Crippen molar-refractivity contribution in [3.63, 3.8) is 0 Å². The molecule has 0 atom stereocenters. The maximum atomic E-state index is 13.2. The van der Waals surface area contributed by atoms with Gasteiger partial charge in [-0.15, -0.1) is 5.10 Å². The molecule has 2 N–H and O–H groups in total. The highest BCUT2D eigenvalue weighted by Crippen LogP contribution is 2.24. The first-order valence-electron chi connectivity index (χ1n) is 5.53. The van der Waals surface area contributed by atoms with Crippen LogP contribution in [0.15, 0.2) is 36.4 Å². The minimum atomic E-state index is -0.259. The van der Waals surface area contributed by atoms with Crippen molar-refractivity contribution < 1.29 is 4.39 Å². The molecule has 0 aliphatic heterocycles. The lowest BCUT2D eigenvalue weighted by Crippen LogP contribution is -1.97. The summed E-state index contributed by atoms with van der Waals surface area (Å²) in [7, 11) is 0. The van der Waals surface area contributed by atoms with E-state index >= 15 is 0 Å². The summed E-state index contributed by atoms with van der Waals surface area (Å²) in [5.74, 6) is -0.0282. The van der Waals surface area contributed by atoms with Gasteiger partial charge in [-0.1, -0.05) is 12.1 Å². The number of nitrogens with two attached hydrogens (primary N) is 1. The van der Waals surface area contributed by atoms with Crippen LogP contribution in [0, 0.1) is 12.7 Å². The monoisotopic (exact) mass is 242 g/mol. The summed E-state index contributed by atoms with van der Waals surface area (Å²) in [6, 6.07) is 10.2. The fraction of sp³-hybridized carbons (Fsp3) is 0.0769. The zero-order valence-corrected chi connectivity index (χ0v) is 9.76. The Labute approximate surface area is 103 Å². The average Bonchev–Trinajstić information content (AvgIpc) is 2.71. The first-order valence-corrected chi connectivity index (χ1v) is 5.53. The summed E-state index contributed by atoms with van der Waals surface area (Å²) < 4.78 is 14.9. The fourth-order valence-electron chi connectivity index (χ4n) is 2.05. The minimum Gasteiger partial charge on any atom is -0.366 e. The molecule has 0 spiro atoms. The van der Waals surface area contributed by atoms with Gasteiger partial charge in [-0.2, -0.15) is 4.98 Å². The van der Waals surface area contributed by atoms with Gasteiger partial charge in [-0.05, 0) is 36.8 Å². The number of halogens is 1. The molecule has 4 nitrogen and oxygen atoms in total. The van der Waals surface area contributed by atoms with E-state index in [2.05, 4.69) is 10.1 Å². The fourth-order valence-corrected chi connectivity index (χ4v) is 2.05. The molecule has 0 radical (unpaired) electrons. The van der Waals surface area contributed by atoms with Crippen LogP contribution < -0.4 is 5.73 Å². The van der Waals surface area contributed by atoms with Gasteiger partial charge in [-0.3, -0.25) is 0 Å². The van der Waals surface area contributed by atoms with Crippen molar-refractivity contribution >= 4 is 11.6 Å². The Hall–Kier alpha value is -2.43. The van der Waals surface area contributed by atoms with Crippen LogP contribution in [0.5, 0.6) is 0 Å². The third-order valence-electron chi connectivity index (χ3n) is 2.89. The molecule has 0 amide bonds. The SMILES string of the molecule is Cc1c(-c2cccc(F)c2)ccc2nc(N)nn12. The molecular formula is C13H11FN4. The summed E-state index contributed by atoms with van der Waals surface area (Å²) in [5.41, 5.74) is 8.85. The molecule has 0 aliphatic carbocycles. The van der Waals surface area contributed by atoms with E-state index in [1.807, 2.05) is 25.1 Å². The molecule has 0 bridgehead atoms. The van der Waals surface area contributed by atoms with Gasteiger partial charge in [0, 0.05) is 11.3 Å². The zero-order chi connectivity index (χ0) is 12.7. The maximum absolute atomic E-state index is 13.2. The number of hydrogen-bond donors (Lipinski definition) is 1. The number of anilines is 1. The Kier molecular flexibility index (Phi) is 2.26. The lowest BCUT2D eigenvalue weighted by molar-refractivity contribution is 0.628. The molecule has 0 unspecified atom stereocenters. The van der Waals surface area contributed by atoms with Gasteiger partial charge in [0.2, 0.25) is 5.95 Å². The number of benzene rings is 1. The number of pyridine rings is 1. The van der Waals surface area contributed by atoms with E-state index in [9.17, 15) is 4.39 Å². The van der Waals surface area contributed by atoms with Crippen molar-refractivity contribution in [2.75, 3.05) is 5.73 Å². The Balaban J connectivity index is 2.26. The van der Waals surface area contributed by atoms with E-state index in [4.69, 9.17) is 5.73 Å². The van der Waals surface area contributed by atoms with E-state index in [-0.39, 0.29) is 11.8 Å². The summed E-state index contributed by atoms with van der Waals surface area (Å²) in [5, 5.41) is 4.11. The van der Waals surface area contributed by atoms with Crippen molar-refractivity contribution in [1.82, 2.24) is 14.6 Å². The van der Waals surface area contributed by atoms with Crippen molar-refractivity contribution in [3.05, 3.63) is 47.9 Å². The van der Waals surface area contributed by atoms with E-state index in [0.29, 0.717) is 5.65 Å². The molecule has 0 aliphatic rings. The predicted octanol–water partition coefficient (Wildman–Crippen LogP) is 2.43. The standard InChI is InChI=1S/C13H11FN4/c1-8-11(9-3-2-4-10(14)7-9)5-6-12-16-13(15)17-18(8)12/h2-7H,1H3,(H2,15,17). The molecule has 1 aromatic carbocycles. The largest absolute Gasteiger partial charge is 0.366 e. The van der Waals surface area contributed by atoms with Crippen LogP contribution in [0.1, 0.15) is 5.69 Å². The summed E-state index contributed by atoms with van der Waals surface area (Å²) >= 11 is 0. The lowest BCUT2D eigenvalue weighted by atomic mass is 10.0. The molecule has 2 heterocycles. The molecule has 2 aromatic heterocycles. The number of hydrogen-bond acceptors (Lipinski definition) is 3. The number of fused-ring (bicyclic) bond motifs is 1. The second-order valence-electron chi connectivity index (χ2n) is 4.08. The van der Waals surface area contributed by atoms with Crippen molar-refractivity contribution in [3.8, 4) is 11.1 Å². The average molecular weight is 242 g/mol. The van der Waals surface area contributed by atoms with Crippen LogP contribution >= 0.6 is 0 Å². The molecular weight excluding hydrogens is 231 g/mol. The summed E-state index contributed by atoms with van der Waals surface area (Å²) in [6.45, 7) is 1.90. The maximum Gasteiger partial charge on any atom is 0.240 e. The Morgan fingerprint density at radius 2 is 2.06 bits per heavy atom. The van der Waals surface area contributed by atoms with Crippen molar-refractivity contribution in [2.45, 2.75) is 6.92 Å². The quantitative estimate of drug-likeness (QED) is 0.713. The Bertz CT molecular complexity index is 733. The van der Waals surface area contributed by atoms with Gasteiger partial charge in [0.05, 0.1) is 0 Å². The summed E-state index contributed by atoms with van der Waals surface area (Å²) in [6.07, 6.45) is 0. The third kappa shape index (κ3) is 1.60. The molecule has 5 heteroatoms. The van der Waals surface area contributed by atoms with Crippen LogP contribution in [0.4, 0.5) is 10.3 Å². The minimum absolute atomic E-state index is 0.231. The third-order valence-corrected chi connectivity index (χ3v) is 2.89. The first kappa shape index (κ1) is 10.7. The van der Waals surface area contributed by atoms with Crippen LogP contribution in [-0.2, 0) is 0 Å². The van der Waals surface area contributed by atoms with Crippen LogP contribution in [-0.4, -0.2) is 14.6 Å². The van der Waals surface area contributed by atoms with E-state index < -0.39 is 0 Å². The van der Waals surface area contributed by atoms with Gasteiger partial charge < -0.3 is 5.73 Å². The molecule has 90 valence electrons. The molecule has 0 fully saturated rings. The number of aromatic nitrogens is 3. The van der Waals surface area contributed by atoms with Crippen molar-refractivity contribution in [1.29, 1.82) is 0 Å². The second kappa shape index (κ2) is 3.80. The summed E-state index contributed by atoms with van der Waals surface area (Å²) in [4.78, 5) is 4.08. The van der Waals surface area contributed by atoms with E-state index in [0.717, 1.165) is 16.8 Å². The van der Waals surface area contributed by atoms with Crippen LogP contribution in [0.25, 0.3) is 16.8 Å². The number of rotatable bonds is 1. The first-order chi connectivity index (χ1) is 8.65. The molecule has 3 aromatic rings. The number of nitrogen functional groups attached to an aromatic ring is 1. The zero-order valence-electron chi connectivity index (χ0n) is 9.76. The van der Waals surface area contributed by atoms with E-state index in [1.54, 1.807) is 10.6 Å². The normalized spacial score (nSPS) is 11.0. The van der Waals surface area contributed by atoms with Gasteiger partial charge in [0.15, 0.2) is 5.65 Å². The molecule has 18 heavy (non-hydrogen) atoms. The van der Waals surface area contributed by atoms with Crippen molar-refractivity contribution in [2.24, 2.45) is 0 Å². The van der Waals surface area contributed by atoms with E-state index in [1.165, 1.54) is 12.1 Å². The number of aryl methyl sites for hydroxylation is 1. The topological polar surface area (TPSA) is 56.2 Å². The smallest absolute Gasteiger partial charge is 0.240 e. The Morgan fingerprint density at radius 3 is 2.83 bits per heavy atom. The number of nitrogens with zero attached hydrogens (tertiary/aromatic N) is 3. The van der Waals surface area contributed by atoms with Gasteiger partial charge in [-0.25, -0.2) is 8.91 Å². The highest BCUT2D eigenvalue weighted by atomic mass is 19.1. The van der Waals surface area contributed by atoms with Gasteiger partial charge in [0.1, 0.15) is 5.82 Å². The molecule has 3 rings (SSSR count).